The van der Waals surface area contributed by atoms with Gasteiger partial charge < -0.3 is 4.90 Å². The minimum atomic E-state index is -3.04. The molecule has 0 aromatic heterocycles. The highest BCUT2D eigenvalue weighted by atomic mass is 32.2. The van der Waals surface area contributed by atoms with Crippen LogP contribution in [0.5, 0.6) is 0 Å². The van der Waals surface area contributed by atoms with Crippen molar-refractivity contribution < 1.29 is 8.42 Å². The first-order valence-corrected chi connectivity index (χ1v) is 6.55. The van der Waals surface area contributed by atoms with Gasteiger partial charge in [0.2, 0.25) is 0 Å². The molecule has 0 bridgehead atoms. The summed E-state index contributed by atoms with van der Waals surface area (Å²) in [5.41, 5.74) is 0. The van der Waals surface area contributed by atoms with Crippen LogP contribution in [0.1, 0.15) is 19.3 Å². The van der Waals surface area contributed by atoms with E-state index in [4.69, 9.17) is 5.26 Å². The monoisotopic (exact) mass is 216 g/mol. The Bertz CT molecular complexity index is 318. The van der Waals surface area contributed by atoms with Crippen LogP contribution in [0.3, 0.4) is 0 Å². The van der Waals surface area contributed by atoms with E-state index < -0.39 is 9.84 Å². The molecule has 1 heterocycles. The molecule has 1 atom stereocenters. The van der Waals surface area contributed by atoms with Crippen molar-refractivity contribution in [2.45, 2.75) is 24.5 Å². The van der Waals surface area contributed by atoms with Crippen LogP contribution < -0.4 is 0 Å². The summed E-state index contributed by atoms with van der Waals surface area (Å²) in [7, 11) is -1.11. The summed E-state index contributed by atoms with van der Waals surface area (Å²) >= 11 is 0. The van der Waals surface area contributed by atoms with Crippen LogP contribution in [0.15, 0.2) is 0 Å². The van der Waals surface area contributed by atoms with Gasteiger partial charge in [-0.25, -0.2) is 8.42 Å². The minimum absolute atomic E-state index is 0.0159. The highest BCUT2D eigenvalue weighted by Gasteiger charge is 2.28. The van der Waals surface area contributed by atoms with Crippen LogP contribution in [0.2, 0.25) is 0 Å². The van der Waals surface area contributed by atoms with E-state index in [0.29, 0.717) is 6.54 Å². The van der Waals surface area contributed by atoms with Crippen LogP contribution in [0.4, 0.5) is 0 Å². The van der Waals surface area contributed by atoms with E-state index in [9.17, 15) is 8.42 Å². The van der Waals surface area contributed by atoms with E-state index in [0.717, 1.165) is 19.4 Å². The first kappa shape index (κ1) is 11.5. The molecule has 0 aromatic rings. The van der Waals surface area contributed by atoms with Crippen molar-refractivity contribution in [2.75, 3.05) is 25.9 Å². The molecule has 1 rings (SSSR count). The molecule has 0 aromatic carbocycles. The molecule has 0 amide bonds. The predicted octanol–water partition coefficient (Wildman–Crippen LogP) is 0.409. The van der Waals surface area contributed by atoms with Crippen molar-refractivity contribution in [3.05, 3.63) is 0 Å². The Labute approximate surface area is 85.4 Å². The number of likely N-dealkylation sites (tertiary alicyclic amines) is 1. The van der Waals surface area contributed by atoms with E-state index in [-0.39, 0.29) is 17.4 Å². The van der Waals surface area contributed by atoms with Crippen LogP contribution in [0.25, 0.3) is 0 Å². The van der Waals surface area contributed by atoms with Gasteiger partial charge in [0.25, 0.3) is 0 Å². The Morgan fingerprint density at radius 1 is 1.57 bits per heavy atom. The van der Waals surface area contributed by atoms with Crippen molar-refractivity contribution in [2.24, 2.45) is 0 Å². The second kappa shape index (κ2) is 4.76. The van der Waals surface area contributed by atoms with Gasteiger partial charge in [-0.3, -0.25) is 0 Å². The zero-order chi connectivity index (χ0) is 10.6. The summed E-state index contributed by atoms with van der Waals surface area (Å²) in [5.74, 6) is 0.0159. The van der Waals surface area contributed by atoms with Gasteiger partial charge in [-0.05, 0) is 26.4 Å². The number of nitrogens with zero attached hydrogens (tertiary/aromatic N) is 2. The summed E-state index contributed by atoms with van der Waals surface area (Å²) in [5, 5.41) is 8.10. The lowest BCUT2D eigenvalue weighted by molar-refractivity contribution is 0.278. The van der Waals surface area contributed by atoms with Crippen molar-refractivity contribution in [3.8, 4) is 6.07 Å². The largest absolute Gasteiger partial charge is 0.305 e. The number of piperidine rings is 1. The molecule has 0 saturated carbocycles. The van der Waals surface area contributed by atoms with Gasteiger partial charge in [-0.1, -0.05) is 0 Å². The van der Waals surface area contributed by atoms with Crippen molar-refractivity contribution in [3.63, 3.8) is 0 Å². The van der Waals surface area contributed by atoms with E-state index in [1.54, 1.807) is 0 Å². The van der Waals surface area contributed by atoms with E-state index in [2.05, 4.69) is 0 Å². The summed E-state index contributed by atoms with van der Waals surface area (Å²) in [6.45, 7) is 1.60. The van der Waals surface area contributed by atoms with Gasteiger partial charge >= 0.3 is 0 Å². The predicted molar refractivity (Wildman–Crippen MR) is 54.5 cm³/mol. The maximum absolute atomic E-state index is 11.7. The Morgan fingerprint density at radius 2 is 2.29 bits per heavy atom. The molecular formula is C9H16N2O2S. The van der Waals surface area contributed by atoms with Gasteiger partial charge in [0.1, 0.15) is 0 Å². The molecule has 4 nitrogen and oxygen atoms in total. The molecule has 0 aliphatic carbocycles. The molecule has 1 aliphatic rings. The number of sulfone groups is 1. The van der Waals surface area contributed by atoms with Crippen LogP contribution >= 0.6 is 0 Å². The van der Waals surface area contributed by atoms with E-state index in [1.165, 1.54) is 0 Å². The lowest BCUT2D eigenvalue weighted by atomic mass is 10.1. The molecule has 1 saturated heterocycles. The maximum atomic E-state index is 11.7. The number of hydrogen-bond donors (Lipinski definition) is 0. The molecule has 5 heteroatoms. The fourth-order valence-electron chi connectivity index (χ4n) is 1.77. The fourth-order valence-corrected chi connectivity index (χ4v) is 3.48. The van der Waals surface area contributed by atoms with Gasteiger partial charge in [0.15, 0.2) is 9.84 Å². The van der Waals surface area contributed by atoms with Gasteiger partial charge in [-0.2, -0.15) is 5.26 Å². The quantitative estimate of drug-likeness (QED) is 0.685. The van der Waals surface area contributed by atoms with E-state index >= 15 is 0 Å². The lowest BCUT2D eigenvalue weighted by Gasteiger charge is -2.29. The van der Waals surface area contributed by atoms with Crippen molar-refractivity contribution >= 4 is 9.84 Å². The highest BCUT2D eigenvalue weighted by molar-refractivity contribution is 7.92. The van der Waals surface area contributed by atoms with Crippen LogP contribution in [-0.2, 0) is 9.84 Å². The molecule has 0 N–H and O–H groups in total. The Kier molecular flexibility index (Phi) is 3.90. The molecule has 0 radical (unpaired) electrons. The smallest absolute Gasteiger partial charge is 0.155 e. The third kappa shape index (κ3) is 2.96. The zero-order valence-electron chi connectivity index (χ0n) is 8.44. The van der Waals surface area contributed by atoms with Crippen molar-refractivity contribution in [1.82, 2.24) is 4.90 Å². The molecule has 80 valence electrons. The van der Waals surface area contributed by atoms with Gasteiger partial charge in [0, 0.05) is 13.0 Å². The lowest BCUT2D eigenvalue weighted by Crippen LogP contribution is -2.40. The van der Waals surface area contributed by atoms with Gasteiger partial charge in [0.05, 0.1) is 17.1 Å². The van der Waals surface area contributed by atoms with E-state index in [1.807, 2.05) is 18.0 Å². The standard InChI is InChI=1S/C9H16N2O2S/c1-11-6-2-4-9(8-11)14(12,13)7-3-5-10/h9H,2-4,6-8H2,1H3. The molecule has 1 aliphatic heterocycles. The molecule has 14 heavy (non-hydrogen) atoms. The summed E-state index contributed by atoms with van der Waals surface area (Å²) in [6.07, 6.45) is 1.80. The zero-order valence-corrected chi connectivity index (χ0v) is 9.26. The average molecular weight is 216 g/mol. The van der Waals surface area contributed by atoms with Crippen LogP contribution in [-0.4, -0.2) is 44.5 Å². The minimum Gasteiger partial charge on any atom is -0.305 e. The van der Waals surface area contributed by atoms with Crippen molar-refractivity contribution in [1.29, 1.82) is 5.26 Å². The highest BCUT2D eigenvalue weighted by Crippen LogP contribution is 2.17. The second-order valence-corrected chi connectivity index (χ2v) is 6.20. The Hall–Kier alpha value is -0.600. The third-order valence-electron chi connectivity index (χ3n) is 2.59. The fraction of sp³-hybridized carbons (Fsp3) is 0.889. The average Bonchev–Trinajstić information content (AvgIpc) is 2.15. The second-order valence-electron chi connectivity index (χ2n) is 3.80. The number of nitriles is 1. The number of rotatable bonds is 3. The topological polar surface area (TPSA) is 61.2 Å². The first-order valence-electron chi connectivity index (χ1n) is 4.83. The third-order valence-corrected chi connectivity index (χ3v) is 4.76. The molecule has 0 spiro atoms. The first-order chi connectivity index (χ1) is 6.56. The Morgan fingerprint density at radius 3 is 2.86 bits per heavy atom. The summed E-state index contributed by atoms with van der Waals surface area (Å²) < 4.78 is 23.4. The van der Waals surface area contributed by atoms with Gasteiger partial charge in [-0.15, -0.1) is 0 Å². The Balaban J connectivity index is 2.58. The molecule has 1 fully saturated rings. The van der Waals surface area contributed by atoms with Crippen LogP contribution in [0, 0.1) is 11.3 Å². The molecular weight excluding hydrogens is 200 g/mol. The maximum Gasteiger partial charge on any atom is 0.155 e. The summed E-state index contributed by atoms with van der Waals surface area (Å²) in [6, 6.07) is 1.88. The number of hydrogen-bond acceptors (Lipinski definition) is 4. The normalized spacial score (nSPS) is 24.4. The molecule has 1 unspecified atom stereocenters. The SMILES string of the molecule is CN1CCCC(S(=O)(=O)CCC#N)C1. The summed E-state index contributed by atoms with van der Waals surface area (Å²) in [4.78, 5) is 2.04.